The summed E-state index contributed by atoms with van der Waals surface area (Å²) >= 11 is 5.90. The van der Waals surface area contributed by atoms with E-state index in [-0.39, 0.29) is 11.9 Å². The van der Waals surface area contributed by atoms with Crippen molar-refractivity contribution in [1.82, 2.24) is 16.0 Å². The summed E-state index contributed by atoms with van der Waals surface area (Å²) in [5.74, 6) is 0.299. The van der Waals surface area contributed by atoms with Crippen LogP contribution in [0.5, 0.6) is 0 Å². The van der Waals surface area contributed by atoms with Crippen molar-refractivity contribution in [1.29, 1.82) is 0 Å². The first-order valence-corrected chi connectivity index (χ1v) is 7.82. The predicted octanol–water partition coefficient (Wildman–Crippen LogP) is 0.964. The number of urea groups is 1. The minimum Gasteiger partial charge on any atom is -0.371 e. The number of rotatable bonds is 4. The van der Waals surface area contributed by atoms with Gasteiger partial charge in [-0.05, 0) is 36.6 Å². The van der Waals surface area contributed by atoms with Gasteiger partial charge in [0.2, 0.25) is 5.91 Å². The molecule has 22 heavy (non-hydrogen) atoms. The second kappa shape index (κ2) is 6.44. The van der Waals surface area contributed by atoms with Gasteiger partial charge in [-0.2, -0.15) is 0 Å². The van der Waals surface area contributed by atoms with Crippen molar-refractivity contribution in [3.05, 3.63) is 29.3 Å². The number of hydrogen-bond acceptors (Lipinski definition) is 3. The topological polar surface area (TPSA) is 73.5 Å². The molecule has 3 rings (SSSR count). The van der Waals surface area contributed by atoms with Crippen molar-refractivity contribution in [3.8, 4) is 0 Å². The van der Waals surface area contributed by atoms with E-state index in [1.54, 1.807) is 0 Å². The lowest BCUT2D eigenvalue weighted by molar-refractivity contribution is -0.122. The summed E-state index contributed by atoms with van der Waals surface area (Å²) < 4.78 is 0. The van der Waals surface area contributed by atoms with E-state index in [1.165, 1.54) is 0 Å². The summed E-state index contributed by atoms with van der Waals surface area (Å²) in [6, 6.07) is 7.08. The van der Waals surface area contributed by atoms with Gasteiger partial charge in [0.15, 0.2) is 0 Å². The molecular formula is C15H19ClN4O2. The molecule has 3 N–H and O–H groups in total. The first-order chi connectivity index (χ1) is 10.6. The van der Waals surface area contributed by atoms with E-state index in [4.69, 9.17) is 11.6 Å². The second-order valence-corrected chi connectivity index (χ2v) is 6.17. The molecule has 2 atom stereocenters. The lowest BCUT2D eigenvalue weighted by atomic mass is 10.1. The van der Waals surface area contributed by atoms with Crippen molar-refractivity contribution in [3.63, 3.8) is 0 Å². The van der Waals surface area contributed by atoms with Crippen molar-refractivity contribution in [2.75, 3.05) is 31.1 Å². The quantitative estimate of drug-likeness (QED) is 0.773. The molecule has 0 saturated carbocycles. The highest BCUT2D eigenvalue weighted by Crippen LogP contribution is 2.24. The number of halogens is 1. The second-order valence-electron chi connectivity index (χ2n) is 5.73. The van der Waals surface area contributed by atoms with Crippen molar-refractivity contribution >= 4 is 29.2 Å². The number of amides is 3. The Labute approximate surface area is 134 Å². The zero-order valence-electron chi connectivity index (χ0n) is 12.1. The fraction of sp³-hybridized carbons (Fsp3) is 0.467. The third-order valence-corrected chi connectivity index (χ3v) is 4.38. The van der Waals surface area contributed by atoms with Crippen LogP contribution in [0.4, 0.5) is 10.5 Å². The molecule has 0 aromatic heterocycles. The third-order valence-electron chi connectivity index (χ3n) is 4.13. The Morgan fingerprint density at radius 3 is 2.82 bits per heavy atom. The van der Waals surface area contributed by atoms with E-state index in [0.29, 0.717) is 19.0 Å². The van der Waals surface area contributed by atoms with Crippen LogP contribution in [0.25, 0.3) is 0 Å². The highest BCUT2D eigenvalue weighted by molar-refractivity contribution is 6.30. The number of hydrogen-bond donors (Lipinski definition) is 3. The first-order valence-electron chi connectivity index (χ1n) is 7.44. The Morgan fingerprint density at radius 1 is 1.36 bits per heavy atom. The first kappa shape index (κ1) is 15.0. The Balaban J connectivity index is 1.46. The maximum Gasteiger partial charge on any atom is 0.315 e. The van der Waals surface area contributed by atoms with Crippen LogP contribution >= 0.6 is 11.6 Å². The molecule has 7 heteroatoms. The normalized spacial score (nSPS) is 24.0. The molecule has 2 saturated heterocycles. The maximum atomic E-state index is 11.9. The van der Waals surface area contributed by atoms with Gasteiger partial charge in [-0.15, -0.1) is 0 Å². The van der Waals surface area contributed by atoms with Crippen LogP contribution < -0.4 is 20.9 Å². The molecule has 3 amide bonds. The number of carbonyl (C=O) groups is 2. The highest BCUT2D eigenvalue weighted by atomic mass is 35.5. The van der Waals surface area contributed by atoms with Crippen LogP contribution in [0.3, 0.4) is 0 Å². The third kappa shape index (κ3) is 3.44. The standard InChI is InChI=1S/C15H19ClN4O2/c16-11-1-3-12(4-2-11)20-6-5-10(9-20)7-17-14(21)13-8-18-15(22)19-13/h1-4,10,13H,5-9H2,(H,17,21)(H2,18,19,22). The molecular weight excluding hydrogens is 304 g/mol. The van der Waals surface area contributed by atoms with Crippen LogP contribution in [-0.2, 0) is 4.79 Å². The summed E-state index contributed by atoms with van der Waals surface area (Å²) in [7, 11) is 0. The minimum absolute atomic E-state index is 0.122. The molecule has 0 bridgehead atoms. The van der Waals surface area contributed by atoms with E-state index >= 15 is 0 Å². The molecule has 0 aliphatic carbocycles. The smallest absolute Gasteiger partial charge is 0.315 e. The Bertz CT molecular complexity index is 563. The van der Waals surface area contributed by atoms with Crippen LogP contribution in [0.15, 0.2) is 24.3 Å². The van der Waals surface area contributed by atoms with E-state index in [0.717, 1.165) is 30.2 Å². The SMILES string of the molecule is O=C1NCC(C(=O)NCC2CCN(c3ccc(Cl)cc3)C2)N1. The fourth-order valence-electron chi connectivity index (χ4n) is 2.87. The largest absolute Gasteiger partial charge is 0.371 e. The lowest BCUT2D eigenvalue weighted by Crippen LogP contribution is -2.44. The highest BCUT2D eigenvalue weighted by Gasteiger charge is 2.28. The average Bonchev–Trinajstić information content (AvgIpc) is 3.15. The number of benzene rings is 1. The lowest BCUT2D eigenvalue weighted by Gasteiger charge is -2.19. The number of anilines is 1. The molecule has 2 aliphatic heterocycles. The zero-order valence-corrected chi connectivity index (χ0v) is 12.9. The Kier molecular flexibility index (Phi) is 4.38. The van der Waals surface area contributed by atoms with Gasteiger partial charge in [0, 0.05) is 36.9 Å². The van der Waals surface area contributed by atoms with Crippen LogP contribution in [-0.4, -0.2) is 44.2 Å². The summed E-state index contributed by atoms with van der Waals surface area (Å²) in [5, 5.41) is 8.83. The molecule has 1 aromatic carbocycles. The molecule has 2 fully saturated rings. The average molecular weight is 323 g/mol. The van der Waals surface area contributed by atoms with Crippen molar-refractivity contribution < 1.29 is 9.59 Å². The van der Waals surface area contributed by atoms with Gasteiger partial charge in [-0.1, -0.05) is 11.6 Å². The van der Waals surface area contributed by atoms with E-state index in [1.807, 2.05) is 24.3 Å². The van der Waals surface area contributed by atoms with Gasteiger partial charge >= 0.3 is 6.03 Å². The van der Waals surface area contributed by atoms with Crippen LogP contribution in [0.2, 0.25) is 5.02 Å². The van der Waals surface area contributed by atoms with Crippen LogP contribution in [0, 0.1) is 5.92 Å². The fourth-order valence-corrected chi connectivity index (χ4v) is 2.99. The summed E-state index contributed by atoms with van der Waals surface area (Å²) in [5.41, 5.74) is 1.16. The molecule has 118 valence electrons. The molecule has 0 spiro atoms. The van der Waals surface area contributed by atoms with Gasteiger partial charge in [-0.25, -0.2) is 4.79 Å². The molecule has 0 radical (unpaired) electrons. The van der Waals surface area contributed by atoms with Gasteiger partial charge in [0.05, 0.1) is 0 Å². The van der Waals surface area contributed by atoms with E-state index in [9.17, 15) is 9.59 Å². The van der Waals surface area contributed by atoms with Gasteiger partial charge in [-0.3, -0.25) is 4.79 Å². The molecule has 1 aromatic rings. The molecule has 2 heterocycles. The van der Waals surface area contributed by atoms with Gasteiger partial charge < -0.3 is 20.9 Å². The van der Waals surface area contributed by atoms with Gasteiger partial charge in [0.25, 0.3) is 0 Å². The van der Waals surface area contributed by atoms with E-state index in [2.05, 4.69) is 20.9 Å². The summed E-state index contributed by atoms with van der Waals surface area (Å²) in [6.45, 7) is 2.88. The molecule has 2 aliphatic rings. The monoisotopic (exact) mass is 322 g/mol. The summed E-state index contributed by atoms with van der Waals surface area (Å²) in [4.78, 5) is 25.3. The Hall–Kier alpha value is -1.95. The zero-order chi connectivity index (χ0) is 15.5. The minimum atomic E-state index is -0.457. The van der Waals surface area contributed by atoms with E-state index < -0.39 is 6.04 Å². The van der Waals surface area contributed by atoms with Crippen molar-refractivity contribution in [2.45, 2.75) is 12.5 Å². The molecule has 2 unspecified atom stereocenters. The summed E-state index contributed by atoms with van der Waals surface area (Å²) in [6.07, 6.45) is 1.04. The number of nitrogens with one attached hydrogen (secondary N) is 3. The molecule has 6 nitrogen and oxygen atoms in total. The van der Waals surface area contributed by atoms with Crippen LogP contribution in [0.1, 0.15) is 6.42 Å². The van der Waals surface area contributed by atoms with Crippen molar-refractivity contribution in [2.24, 2.45) is 5.92 Å². The number of carbonyl (C=O) groups excluding carboxylic acids is 2. The predicted molar refractivity (Wildman–Crippen MR) is 85.1 cm³/mol. The maximum absolute atomic E-state index is 11.9. The van der Waals surface area contributed by atoms with Gasteiger partial charge in [0.1, 0.15) is 6.04 Å². The Morgan fingerprint density at radius 2 is 2.14 bits per heavy atom. The number of nitrogens with zero attached hydrogens (tertiary/aromatic N) is 1.